The first-order valence-corrected chi connectivity index (χ1v) is 27.1. The van der Waals surface area contributed by atoms with Crippen LogP contribution < -0.4 is 0 Å². The second kappa shape index (κ2) is 21.7. The van der Waals surface area contributed by atoms with Gasteiger partial charge in [-0.1, -0.05) is 226 Å². The van der Waals surface area contributed by atoms with E-state index in [1.54, 1.807) is 0 Å². The van der Waals surface area contributed by atoms with E-state index in [4.69, 9.17) is 15.0 Å². The van der Waals surface area contributed by atoms with Crippen molar-refractivity contribution in [2.45, 2.75) is 104 Å². The minimum absolute atomic E-state index is 0.0219. The average Bonchev–Trinajstić information content (AvgIpc) is 3.44. The minimum Gasteiger partial charge on any atom is -0.256 e. The van der Waals surface area contributed by atoms with Crippen molar-refractivity contribution in [1.29, 1.82) is 0 Å². The molecule has 0 aliphatic heterocycles. The van der Waals surface area contributed by atoms with Crippen LogP contribution in [0.3, 0.4) is 0 Å². The molecule has 3 heterocycles. The predicted octanol–water partition coefficient (Wildman–Crippen LogP) is 19.0. The van der Waals surface area contributed by atoms with Gasteiger partial charge in [-0.05, 0) is 162 Å². The lowest BCUT2D eigenvalue weighted by molar-refractivity contribution is 0.587. The van der Waals surface area contributed by atoms with E-state index in [1.165, 1.54) is 83.5 Å². The summed E-state index contributed by atoms with van der Waals surface area (Å²) in [5.41, 5.74) is 25.2. The highest BCUT2D eigenvalue weighted by atomic mass is 14.7. The van der Waals surface area contributed by atoms with Gasteiger partial charge in [0, 0.05) is 35.3 Å². The van der Waals surface area contributed by atoms with Crippen LogP contribution in [0.2, 0.25) is 0 Å². The maximum absolute atomic E-state index is 5.02. The number of rotatable bonds is 13. The smallest absolute Gasteiger partial charge is 0.0704 e. The highest BCUT2D eigenvalue weighted by molar-refractivity contribution is 5.94. The number of hydrogen-bond acceptors (Lipinski definition) is 3. The maximum atomic E-state index is 5.02. The molecule has 0 saturated heterocycles. The SMILES string of the molecule is CC(C)(C)c1ccc(-c2ccc(-c3ccccc3-c3cc(CCc4ccc(-c5cc(C(C)(C)C)ccn5)cc4)cc(CCc4ccc(-c5cc(C(C)(C)C)ccn5)cc4)c3)c(-c3ccc(-c4ccccc4)cc3)c2)nc1. The van der Waals surface area contributed by atoms with Crippen molar-refractivity contribution in [2.75, 3.05) is 0 Å². The Hall–Kier alpha value is -8.01. The molecule has 0 spiro atoms. The van der Waals surface area contributed by atoms with E-state index in [-0.39, 0.29) is 16.2 Å². The van der Waals surface area contributed by atoms with E-state index in [0.717, 1.165) is 59.5 Å². The highest BCUT2D eigenvalue weighted by Gasteiger charge is 2.20. The molecule has 7 aromatic carbocycles. The molecule has 0 atom stereocenters. The lowest BCUT2D eigenvalue weighted by Gasteiger charge is -2.19. The van der Waals surface area contributed by atoms with E-state index < -0.39 is 0 Å². The average molecular weight is 990 g/mol. The van der Waals surface area contributed by atoms with E-state index in [2.05, 4.69) is 263 Å². The summed E-state index contributed by atoms with van der Waals surface area (Å²) in [7, 11) is 0. The van der Waals surface area contributed by atoms with Gasteiger partial charge in [-0.2, -0.15) is 0 Å². The molecule has 378 valence electrons. The Morgan fingerprint density at radius 1 is 0.263 bits per heavy atom. The van der Waals surface area contributed by atoms with E-state index in [9.17, 15) is 0 Å². The summed E-state index contributed by atoms with van der Waals surface area (Å²) in [6.07, 6.45) is 9.62. The minimum atomic E-state index is 0.0219. The Morgan fingerprint density at radius 3 is 1.22 bits per heavy atom. The predicted molar refractivity (Wildman–Crippen MR) is 322 cm³/mol. The summed E-state index contributed by atoms with van der Waals surface area (Å²) in [6, 6.07) is 74.1. The lowest BCUT2D eigenvalue weighted by Crippen LogP contribution is -2.11. The molecule has 10 rings (SSSR count). The molecular formula is C73H71N3. The summed E-state index contributed by atoms with van der Waals surface area (Å²) in [5, 5.41) is 0. The normalized spacial score (nSPS) is 12.0. The van der Waals surface area contributed by atoms with Crippen LogP contribution in [0.15, 0.2) is 219 Å². The summed E-state index contributed by atoms with van der Waals surface area (Å²) in [5.74, 6) is 0. The molecule has 0 N–H and O–H groups in total. The van der Waals surface area contributed by atoms with Gasteiger partial charge in [0.15, 0.2) is 0 Å². The van der Waals surface area contributed by atoms with Gasteiger partial charge in [-0.25, -0.2) is 0 Å². The number of aromatic nitrogens is 3. The van der Waals surface area contributed by atoms with Crippen molar-refractivity contribution >= 4 is 0 Å². The van der Waals surface area contributed by atoms with Gasteiger partial charge < -0.3 is 0 Å². The van der Waals surface area contributed by atoms with Crippen molar-refractivity contribution in [3.63, 3.8) is 0 Å². The fourth-order valence-electron chi connectivity index (χ4n) is 10.2. The van der Waals surface area contributed by atoms with Crippen LogP contribution in [0, 0.1) is 0 Å². The Balaban J connectivity index is 1.01. The first-order chi connectivity index (χ1) is 36.5. The zero-order valence-corrected chi connectivity index (χ0v) is 46.0. The molecule has 3 heteroatoms. The van der Waals surface area contributed by atoms with E-state index >= 15 is 0 Å². The molecule has 3 aromatic heterocycles. The van der Waals surface area contributed by atoms with Gasteiger partial charge in [0.25, 0.3) is 0 Å². The second-order valence-electron chi connectivity index (χ2n) is 23.7. The number of aryl methyl sites for hydroxylation is 4. The van der Waals surface area contributed by atoms with Crippen LogP contribution in [0.4, 0.5) is 0 Å². The Bertz CT molecular complexity index is 3460. The molecule has 0 aliphatic rings. The molecule has 10 aromatic rings. The standard InChI is InChI=1S/C73H71N3/c1-71(2,3)61-39-41-74-69(47-61)57-27-23-50(24-28-57)19-21-52-43-53(22-20-51-25-29-58(30-26-51)70-48-62(40-42-75-70)72(4,5)6)45-60(44-52)64-17-13-14-18-65(64)66-37-35-59(68-38-36-63(49-76-68)73(7,8)9)46-67(66)56-33-31-55(32-34-56)54-15-11-10-12-16-54/h10-18,23-49H,19-22H2,1-9H3. The summed E-state index contributed by atoms with van der Waals surface area (Å²) >= 11 is 0. The summed E-state index contributed by atoms with van der Waals surface area (Å²) in [4.78, 5) is 14.5. The Kier molecular flexibility index (Phi) is 14.7. The molecule has 0 saturated carbocycles. The van der Waals surface area contributed by atoms with Crippen LogP contribution in [0.5, 0.6) is 0 Å². The van der Waals surface area contributed by atoms with Gasteiger partial charge >= 0.3 is 0 Å². The van der Waals surface area contributed by atoms with Crippen molar-refractivity contribution in [3.05, 3.63) is 258 Å². The second-order valence-corrected chi connectivity index (χ2v) is 23.7. The molecule has 76 heavy (non-hydrogen) atoms. The molecule has 0 amide bonds. The first kappa shape index (κ1) is 51.5. The van der Waals surface area contributed by atoms with Crippen molar-refractivity contribution in [2.24, 2.45) is 0 Å². The lowest BCUT2D eigenvalue weighted by atomic mass is 9.86. The van der Waals surface area contributed by atoms with E-state index in [0.29, 0.717) is 0 Å². The quantitative estimate of drug-likeness (QED) is 0.116. The summed E-state index contributed by atoms with van der Waals surface area (Å²) in [6.45, 7) is 20.2. The highest BCUT2D eigenvalue weighted by Crippen LogP contribution is 2.42. The van der Waals surface area contributed by atoms with Gasteiger partial charge in [0.2, 0.25) is 0 Å². The number of pyridine rings is 3. The third-order valence-corrected chi connectivity index (χ3v) is 15.0. The zero-order chi connectivity index (χ0) is 53.0. The first-order valence-electron chi connectivity index (χ1n) is 27.1. The Labute approximate surface area is 452 Å². The van der Waals surface area contributed by atoms with Crippen LogP contribution >= 0.6 is 0 Å². The fraction of sp³-hybridized carbons (Fsp3) is 0.219. The number of nitrogens with zero attached hydrogens (tertiary/aromatic N) is 3. The molecule has 0 fully saturated rings. The molecule has 0 aliphatic carbocycles. The molecule has 3 nitrogen and oxygen atoms in total. The van der Waals surface area contributed by atoms with Gasteiger partial charge in [-0.15, -0.1) is 0 Å². The third-order valence-electron chi connectivity index (χ3n) is 15.0. The van der Waals surface area contributed by atoms with Gasteiger partial charge in [0.05, 0.1) is 17.1 Å². The van der Waals surface area contributed by atoms with Crippen molar-refractivity contribution in [1.82, 2.24) is 15.0 Å². The largest absolute Gasteiger partial charge is 0.256 e. The molecule has 0 unspecified atom stereocenters. The van der Waals surface area contributed by atoms with E-state index in [1.807, 2.05) is 18.6 Å². The third kappa shape index (κ3) is 12.1. The summed E-state index contributed by atoms with van der Waals surface area (Å²) < 4.78 is 0. The van der Waals surface area contributed by atoms with Gasteiger partial charge in [0.1, 0.15) is 0 Å². The Morgan fingerprint density at radius 2 is 0.711 bits per heavy atom. The molecule has 0 bridgehead atoms. The van der Waals surface area contributed by atoms with Crippen LogP contribution in [0.1, 0.15) is 101 Å². The van der Waals surface area contributed by atoms with Crippen LogP contribution in [0.25, 0.3) is 78.3 Å². The maximum Gasteiger partial charge on any atom is 0.0704 e. The number of benzene rings is 7. The topological polar surface area (TPSA) is 38.7 Å². The fourth-order valence-corrected chi connectivity index (χ4v) is 10.2. The van der Waals surface area contributed by atoms with Crippen molar-refractivity contribution in [3.8, 4) is 78.3 Å². The molecule has 0 radical (unpaired) electrons. The number of hydrogen-bond donors (Lipinski definition) is 0. The molecular weight excluding hydrogens is 919 g/mol. The van der Waals surface area contributed by atoms with Crippen LogP contribution in [-0.4, -0.2) is 15.0 Å². The van der Waals surface area contributed by atoms with Crippen LogP contribution in [-0.2, 0) is 41.9 Å². The van der Waals surface area contributed by atoms with Crippen molar-refractivity contribution < 1.29 is 0 Å². The monoisotopic (exact) mass is 990 g/mol. The van der Waals surface area contributed by atoms with Gasteiger partial charge in [-0.3, -0.25) is 15.0 Å². The zero-order valence-electron chi connectivity index (χ0n) is 46.0.